The molecule has 2 heterocycles. The zero-order chi connectivity index (χ0) is 25.4. The van der Waals surface area contributed by atoms with Gasteiger partial charge < -0.3 is 9.30 Å². The predicted molar refractivity (Wildman–Crippen MR) is 133 cm³/mol. The Morgan fingerprint density at radius 2 is 1.80 bits per heavy atom. The number of alkyl halides is 3. The van der Waals surface area contributed by atoms with E-state index in [4.69, 9.17) is 9.72 Å². The van der Waals surface area contributed by atoms with E-state index in [-0.39, 0.29) is 5.78 Å². The van der Waals surface area contributed by atoms with Crippen molar-refractivity contribution in [2.24, 2.45) is 0 Å². The lowest BCUT2D eigenvalue weighted by atomic mass is 10.00. The molecule has 35 heavy (non-hydrogen) atoms. The number of Topliss-reactive ketones (excluding diaryl/α,β-unsaturated/α-hetero) is 1. The van der Waals surface area contributed by atoms with Crippen LogP contribution >= 0.6 is 11.3 Å². The normalized spacial score (nSPS) is 12.3. The summed E-state index contributed by atoms with van der Waals surface area (Å²) in [7, 11) is 0. The fraction of sp³-hybridized carbons (Fsp3) is 0.333. The second kappa shape index (κ2) is 9.49. The van der Waals surface area contributed by atoms with Crippen LogP contribution in [0.1, 0.15) is 50.3 Å². The lowest BCUT2D eigenvalue weighted by Gasteiger charge is -2.25. The molecule has 8 heteroatoms. The van der Waals surface area contributed by atoms with E-state index < -0.39 is 17.3 Å². The number of halogens is 3. The zero-order valence-electron chi connectivity index (χ0n) is 20.1. The number of ketones is 1. The van der Waals surface area contributed by atoms with Crippen LogP contribution in [-0.4, -0.2) is 15.3 Å². The summed E-state index contributed by atoms with van der Waals surface area (Å²) < 4.78 is 46.7. The first-order chi connectivity index (χ1) is 16.5. The second-order valence-corrected chi connectivity index (χ2v) is 10.1. The van der Waals surface area contributed by atoms with Crippen LogP contribution in [-0.2, 0) is 29.5 Å². The van der Waals surface area contributed by atoms with E-state index in [1.165, 1.54) is 23.5 Å². The van der Waals surface area contributed by atoms with Gasteiger partial charge in [-0.25, -0.2) is 4.98 Å². The van der Waals surface area contributed by atoms with Gasteiger partial charge in [0.05, 0.1) is 21.7 Å². The van der Waals surface area contributed by atoms with Crippen molar-refractivity contribution in [3.63, 3.8) is 0 Å². The minimum atomic E-state index is -4.36. The summed E-state index contributed by atoms with van der Waals surface area (Å²) in [6.07, 6.45) is -0.793. The van der Waals surface area contributed by atoms with Crippen molar-refractivity contribution in [1.82, 2.24) is 9.55 Å². The first-order valence-corrected chi connectivity index (χ1v) is 12.2. The molecule has 0 fully saturated rings. The molecule has 2 aromatic heterocycles. The predicted octanol–water partition coefficient (Wildman–Crippen LogP) is 7.64. The Morgan fingerprint density at radius 1 is 1.09 bits per heavy atom. The van der Waals surface area contributed by atoms with Gasteiger partial charge in [-0.1, -0.05) is 25.5 Å². The summed E-state index contributed by atoms with van der Waals surface area (Å²) in [6.45, 7) is 7.76. The van der Waals surface area contributed by atoms with Crippen LogP contribution in [0.3, 0.4) is 0 Å². The van der Waals surface area contributed by atoms with Gasteiger partial charge in [-0.15, -0.1) is 11.3 Å². The number of carbonyl (C=O) groups is 1. The van der Waals surface area contributed by atoms with Gasteiger partial charge in [0.25, 0.3) is 0 Å². The lowest BCUT2D eigenvalue weighted by Crippen LogP contribution is -2.33. The van der Waals surface area contributed by atoms with Crippen molar-refractivity contribution in [2.75, 3.05) is 0 Å². The molecule has 0 aliphatic carbocycles. The number of fused-ring (bicyclic) bond motifs is 1. The largest absolute Gasteiger partial charge is 0.488 e. The molecule has 0 aliphatic rings. The van der Waals surface area contributed by atoms with Crippen LogP contribution in [0.4, 0.5) is 13.2 Å². The van der Waals surface area contributed by atoms with Crippen molar-refractivity contribution in [2.45, 2.75) is 58.9 Å². The molecule has 4 nitrogen and oxygen atoms in total. The molecular weight excluding hydrogens is 473 g/mol. The van der Waals surface area contributed by atoms with E-state index in [2.05, 4.69) is 6.92 Å². The minimum absolute atomic E-state index is 0.0767. The van der Waals surface area contributed by atoms with Crippen molar-refractivity contribution >= 4 is 28.0 Å². The molecule has 0 saturated heterocycles. The average molecular weight is 501 g/mol. The number of hydrogen-bond donors (Lipinski definition) is 0. The summed E-state index contributed by atoms with van der Waals surface area (Å²) in [5, 5.41) is 1.65. The molecule has 0 amide bonds. The van der Waals surface area contributed by atoms with E-state index in [9.17, 15) is 18.0 Å². The van der Waals surface area contributed by atoms with Crippen molar-refractivity contribution in [3.05, 3.63) is 70.9 Å². The third-order valence-corrected chi connectivity index (χ3v) is 7.34. The van der Waals surface area contributed by atoms with E-state index in [0.717, 1.165) is 46.4 Å². The maximum atomic E-state index is 12.9. The second-order valence-electron chi connectivity index (χ2n) is 9.02. The van der Waals surface area contributed by atoms with Gasteiger partial charge in [0.1, 0.15) is 17.4 Å². The molecule has 0 bridgehead atoms. The van der Waals surface area contributed by atoms with Gasteiger partial charge in [-0.3, -0.25) is 4.79 Å². The molecule has 0 atom stereocenters. The highest BCUT2D eigenvalue weighted by molar-refractivity contribution is 7.15. The standard InChI is InChI=1S/C27H27F3N2O2S/c1-5-6-22-24(35-25(31-22)18-7-9-20(10-8-18)27(28,29)30)16-34-21-11-12-23-19(15-21)13-14-32(23)26(3,4)17(2)33/h7-15H,5-6,16H2,1-4H3. The molecule has 2 aromatic carbocycles. The topological polar surface area (TPSA) is 44.1 Å². The highest BCUT2D eigenvalue weighted by Crippen LogP contribution is 2.34. The summed E-state index contributed by atoms with van der Waals surface area (Å²) in [5.41, 5.74) is 1.19. The van der Waals surface area contributed by atoms with Crippen LogP contribution in [0.2, 0.25) is 0 Å². The van der Waals surface area contributed by atoms with Gasteiger partial charge >= 0.3 is 6.18 Å². The summed E-state index contributed by atoms with van der Waals surface area (Å²) >= 11 is 1.44. The first-order valence-electron chi connectivity index (χ1n) is 11.4. The quantitative estimate of drug-likeness (QED) is 0.250. The number of aryl methyl sites for hydroxylation is 1. The maximum Gasteiger partial charge on any atom is 0.416 e. The number of carbonyl (C=O) groups excluding carboxylic acids is 1. The Labute approximate surface area is 206 Å². The van der Waals surface area contributed by atoms with Crippen molar-refractivity contribution in [3.8, 4) is 16.3 Å². The minimum Gasteiger partial charge on any atom is -0.488 e. The fourth-order valence-corrected chi connectivity index (χ4v) is 4.90. The fourth-order valence-electron chi connectivity index (χ4n) is 3.87. The van der Waals surface area contributed by atoms with Crippen molar-refractivity contribution < 1.29 is 22.7 Å². The van der Waals surface area contributed by atoms with Crippen LogP contribution in [0, 0.1) is 0 Å². The van der Waals surface area contributed by atoms with E-state index in [1.54, 1.807) is 6.92 Å². The van der Waals surface area contributed by atoms with Gasteiger partial charge in [0.2, 0.25) is 0 Å². The molecule has 0 saturated carbocycles. The Balaban J connectivity index is 1.55. The molecule has 0 unspecified atom stereocenters. The number of ether oxygens (including phenoxy) is 1. The highest BCUT2D eigenvalue weighted by Gasteiger charge is 2.30. The molecule has 4 rings (SSSR count). The number of benzene rings is 2. The number of thiazole rings is 1. The van der Waals surface area contributed by atoms with Gasteiger partial charge in [-0.05, 0) is 63.6 Å². The molecule has 0 radical (unpaired) electrons. The average Bonchev–Trinajstić information content (AvgIpc) is 3.41. The highest BCUT2D eigenvalue weighted by atomic mass is 32.1. The smallest absolute Gasteiger partial charge is 0.416 e. The molecule has 0 spiro atoms. The number of hydrogen-bond acceptors (Lipinski definition) is 4. The molecule has 184 valence electrons. The first kappa shape index (κ1) is 25.0. The molecule has 0 aliphatic heterocycles. The molecular formula is C27H27F3N2O2S. The third kappa shape index (κ3) is 5.12. The third-order valence-electron chi connectivity index (χ3n) is 6.22. The van der Waals surface area contributed by atoms with E-state index in [1.807, 2.05) is 48.9 Å². The maximum absolute atomic E-state index is 12.9. The summed E-state index contributed by atoms with van der Waals surface area (Å²) in [4.78, 5) is 17.7. The summed E-state index contributed by atoms with van der Waals surface area (Å²) in [6, 6.07) is 12.8. The Hall–Kier alpha value is -3.13. The summed E-state index contributed by atoms with van der Waals surface area (Å²) in [5.74, 6) is 0.774. The van der Waals surface area contributed by atoms with Crippen LogP contribution < -0.4 is 4.74 Å². The Kier molecular flexibility index (Phi) is 6.77. The van der Waals surface area contributed by atoms with Gasteiger partial charge in [0.15, 0.2) is 5.78 Å². The van der Waals surface area contributed by atoms with Crippen molar-refractivity contribution in [1.29, 1.82) is 0 Å². The number of aromatic nitrogens is 2. The van der Waals surface area contributed by atoms with Crippen LogP contribution in [0.25, 0.3) is 21.5 Å². The molecule has 0 N–H and O–H groups in total. The number of nitrogens with zero attached hydrogens (tertiary/aromatic N) is 2. The molecule has 4 aromatic rings. The van der Waals surface area contributed by atoms with Crippen LogP contribution in [0.5, 0.6) is 5.75 Å². The SMILES string of the molecule is CCCc1nc(-c2ccc(C(F)(F)F)cc2)sc1COc1ccc2c(ccn2C(C)(C)C(C)=O)c1. The Morgan fingerprint density at radius 3 is 2.43 bits per heavy atom. The zero-order valence-corrected chi connectivity index (χ0v) is 20.9. The van der Waals surface area contributed by atoms with E-state index in [0.29, 0.717) is 22.9 Å². The number of rotatable bonds is 8. The van der Waals surface area contributed by atoms with Gasteiger partial charge in [0, 0.05) is 22.7 Å². The van der Waals surface area contributed by atoms with Gasteiger partial charge in [-0.2, -0.15) is 13.2 Å². The van der Waals surface area contributed by atoms with E-state index >= 15 is 0 Å². The lowest BCUT2D eigenvalue weighted by molar-refractivity contribution is -0.137. The van der Waals surface area contributed by atoms with Crippen LogP contribution in [0.15, 0.2) is 54.7 Å². The Bertz CT molecular complexity index is 1350. The monoisotopic (exact) mass is 500 g/mol.